The number of nitrogens with zero attached hydrogens (tertiary/aromatic N) is 3. The number of aromatic nitrogens is 3. The number of nitrogen functional groups attached to an aromatic ring is 1. The molecule has 0 spiro atoms. The third kappa shape index (κ3) is 11.6. The summed E-state index contributed by atoms with van der Waals surface area (Å²) < 4.78 is 43.7. The molecule has 8 atom stereocenters. The average molecular weight is 789 g/mol. The Bertz CT molecular complexity index is 1630. The molecule has 1 aliphatic carbocycles. The number of aliphatic hydroxyl groups excluding tert-OH is 1. The molecule has 3 heterocycles. The molecule has 14 heteroatoms. The van der Waals surface area contributed by atoms with Gasteiger partial charge in [-0.1, -0.05) is 134 Å². The highest BCUT2D eigenvalue weighted by atomic mass is 31.2. The lowest BCUT2D eigenvalue weighted by atomic mass is 9.91. The van der Waals surface area contributed by atoms with Gasteiger partial charge in [0.15, 0.2) is 11.4 Å². The van der Waals surface area contributed by atoms with Crippen LogP contribution in [0.2, 0.25) is 0 Å². The predicted molar refractivity (Wildman–Crippen MR) is 211 cm³/mol. The monoisotopic (exact) mass is 788 g/mol. The number of hydrogen-bond acceptors (Lipinski definition) is 11. The van der Waals surface area contributed by atoms with E-state index < -0.39 is 43.4 Å². The lowest BCUT2D eigenvalue weighted by Gasteiger charge is -2.32. The van der Waals surface area contributed by atoms with Crippen LogP contribution in [0.1, 0.15) is 141 Å². The maximum absolute atomic E-state index is 13.2. The molecule has 55 heavy (non-hydrogen) atoms. The smallest absolute Gasteiger partial charge is 0.386 e. The highest BCUT2D eigenvalue weighted by Crippen LogP contribution is 2.63. The van der Waals surface area contributed by atoms with Crippen molar-refractivity contribution in [2.45, 2.75) is 165 Å². The first-order valence-corrected chi connectivity index (χ1v) is 22.1. The summed E-state index contributed by atoms with van der Waals surface area (Å²) in [5.41, 5.74) is 4.48. The molecule has 1 aromatic carbocycles. The van der Waals surface area contributed by atoms with Crippen LogP contribution in [0.25, 0.3) is 5.52 Å². The molecule has 3 aromatic rings. The number of hydrogen-bond donors (Lipinski definition) is 4. The number of phosphoric acid groups is 1. The number of nitrogens with two attached hydrogens (primary N) is 1. The largest absolute Gasteiger partial charge is 0.472 e. The van der Waals surface area contributed by atoms with Crippen LogP contribution >= 0.6 is 7.82 Å². The Morgan fingerprint density at radius 3 is 2.09 bits per heavy atom. The van der Waals surface area contributed by atoms with E-state index in [4.69, 9.17) is 29.0 Å². The summed E-state index contributed by atoms with van der Waals surface area (Å²) in [6.07, 6.45) is 17.1. The molecular weight excluding hydrogens is 723 g/mol. The zero-order chi connectivity index (χ0) is 39.3. The summed E-state index contributed by atoms with van der Waals surface area (Å²) in [6.45, 7) is 6.18. The van der Waals surface area contributed by atoms with Gasteiger partial charge in [0.2, 0.25) is 0 Å². The molecule has 5 rings (SSSR count). The van der Waals surface area contributed by atoms with Crippen LogP contribution in [0.5, 0.6) is 0 Å². The number of fused-ring (bicyclic) bond motifs is 2. The van der Waals surface area contributed by atoms with Gasteiger partial charge in [-0.15, -0.1) is 0 Å². The van der Waals surface area contributed by atoms with E-state index in [2.05, 4.69) is 17.0 Å². The van der Waals surface area contributed by atoms with Crippen LogP contribution in [0.4, 0.5) is 5.82 Å². The molecule has 1 aliphatic heterocycles. The van der Waals surface area contributed by atoms with Crippen LogP contribution in [0.15, 0.2) is 48.8 Å². The molecule has 2 aromatic heterocycles. The first kappa shape index (κ1) is 43.7. The minimum atomic E-state index is -4.73. The van der Waals surface area contributed by atoms with Crippen molar-refractivity contribution in [3.05, 3.63) is 60.0 Å². The summed E-state index contributed by atoms with van der Waals surface area (Å²) in [4.78, 5) is 14.7. The van der Waals surface area contributed by atoms with Gasteiger partial charge in [-0.2, -0.15) is 5.10 Å². The lowest BCUT2D eigenvalue weighted by Crippen LogP contribution is -2.46. The second-order valence-corrected chi connectivity index (χ2v) is 17.0. The molecule has 5 N–H and O–H groups in total. The number of aliphatic hydroxyl groups is 2. The fourth-order valence-corrected chi connectivity index (χ4v) is 8.75. The maximum Gasteiger partial charge on any atom is 0.472 e. The molecule has 1 saturated heterocycles. The Morgan fingerprint density at radius 1 is 0.909 bits per heavy atom. The number of ether oxygens (including phenoxy) is 3. The summed E-state index contributed by atoms with van der Waals surface area (Å²) >= 11 is 0. The Balaban J connectivity index is 1.01. The molecule has 2 aliphatic rings. The summed E-state index contributed by atoms with van der Waals surface area (Å²) in [5, 5.41) is 26.9. The molecule has 13 nitrogen and oxygen atoms in total. The van der Waals surface area contributed by atoms with Crippen molar-refractivity contribution in [3.8, 4) is 0 Å². The standard InChI is InChI=1S/C41H65N4O9P/c1-4-5-6-7-8-9-10-11-12-13-14-15-16-17-18-22-27-50-28-33(52-31(2)32-23-20-19-21-24-32)29-51-55(48,49)54-37-36-41(37,47)39(46)40(3,53-36)35-26-25-34-38(42)43-30-44-45(34)35/h19-21,23-26,30-31,33,36-37,39,46-47H,4-18,22,27-29H2,1-3H3,(H,48,49)(H2,42,43,44)/t31?,33-,36-,37?,39+,40+,41+/m1/s1. The lowest BCUT2D eigenvalue weighted by molar-refractivity contribution is -0.127. The van der Waals surface area contributed by atoms with Gasteiger partial charge >= 0.3 is 7.82 Å². The van der Waals surface area contributed by atoms with Gasteiger partial charge in [0, 0.05) is 6.61 Å². The number of anilines is 1. The summed E-state index contributed by atoms with van der Waals surface area (Å²) in [6, 6.07) is 13.0. The van der Waals surface area contributed by atoms with Crippen LogP contribution in [0, 0.1) is 0 Å². The Kier molecular flexibility index (Phi) is 16.5. The molecule has 308 valence electrons. The van der Waals surface area contributed by atoms with Crippen molar-refractivity contribution in [1.82, 2.24) is 14.6 Å². The van der Waals surface area contributed by atoms with Crippen molar-refractivity contribution in [1.29, 1.82) is 0 Å². The first-order valence-electron chi connectivity index (χ1n) is 20.6. The van der Waals surface area contributed by atoms with Crippen LogP contribution in [0.3, 0.4) is 0 Å². The number of rotatable bonds is 28. The summed E-state index contributed by atoms with van der Waals surface area (Å²) in [5.74, 6) is 0.242. The number of phosphoric ester groups is 1. The van der Waals surface area contributed by atoms with E-state index in [0.29, 0.717) is 17.8 Å². The fraction of sp³-hybridized carbons (Fsp3) is 0.707. The average Bonchev–Trinajstić information content (AvgIpc) is 3.41. The minimum Gasteiger partial charge on any atom is -0.386 e. The van der Waals surface area contributed by atoms with E-state index >= 15 is 0 Å². The second kappa shape index (κ2) is 20.8. The van der Waals surface area contributed by atoms with Gasteiger partial charge in [-0.3, -0.25) is 9.05 Å². The third-order valence-electron chi connectivity index (χ3n) is 11.2. The van der Waals surface area contributed by atoms with E-state index in [-0.39, 0.29) is 25.1 Å². The molecule has 0 radical (unpaired) electrons. The third-order valence-corrected chi connectivity index (χ3v) is 12.2. The predicted octanol–water partition coefficient (Wildman–Crippen LogP) is 7.96. The van der Waals surface area contributed by atoms with Gasteiger partial charge in [-0.25, -0.2) is 14.1 Å². The number of benzene rings is 1. The van der Waals surface area contributed by atoms with Gasteiger partial charge in [0.25, 0.3) is 0 Å². The molecule has 0 bridgehead atoms. The van der Waals surface area contributed by atoms with Crippen LogP contribution < -0.4 is 5.73 Å². The van der Waals surface area contributed by atoms with Crippen LogP contribution in [-0.4, -0.2) is 79.5 Å². The van der Waals surface area contributed by atoms with Gasteiger partial charge in [-0.05, 0) is 38.0 Å². The molecular formula is C41H65N4O9P. The van der Waals surface area contributed by atoms with Crippen molar-refractivity contribution in [2.24, 2.45) is 0 Å². The maximum atomic E-state index is 13.2. The highest BCUT2D eigenvalue weighted by molar-refractivity contribution is 7.47. The van der Waals surface area contributed by atoms with Gasteiger partial charge in [0.05, 0.1) is 25.0 Å². The SMILES string of the molecule is CCCCCCCCCCCCCCCCCCOC[C@H](COP(=O)(O)OC1[C@H]2O[C@@](C)(c3ccc4c(N)ncnn34)[C@H](O)[C@@]12O)OC(C)c1ccccc1. The topological polar surface area (TPSA) is 180 Å². The minimum absolute atomic E-state index is 0.158. The molecule has 2 fully saturated rings. The van der Waals surface area contributed by atoms with E-state index in [0.717, 1.165) is 18.4 Å². The Labute approximate surface area is 326 Å². The summed E-state index contributed by atoms with van der Waals surface area (Å²) in [7, 11) is -4.73. The van der Waals surface area contributed by atoms with Gasteiger partial charge < -0.3 is 35.1 Å². The van der Waals surface area contributed by atoms with E-state index in [1.54, 1.807) is 19.1 Å². The quantitative estimate of drug-likeness (QED) is 0.0413. The zero-order valence-electron chi connectivity index (χ0n) is 33.1. The van der Waals surface area contributed by atoms with E-state index in [1.807, 2.05) is 37.3 Å². The number of unbranched alkanes of at least 4 members (excludes halogenated alkanes) is 15. The second-order valence-electron chi connectivity index (χ2n) is 15.6. The highest BCUT2D eigenvalue weighted by Gasteiger charge is 2.82. The van der Waals surface area contributed by atoms with Crippen LogP contribution in [-0.2, 0) is 33.4 Å². The normalized spacial score (nSPS) is 25.5. The first-order chi connectivity index (χ1) is 26.5. The molecule has 1 saturated carbocycles. The van der Waals surface area contributed by atoms with Gasteiger partial charge in [0.1, 0.15) is 41.9 Å². The fourth-order valence-electron chi connectivity index (χ4n) is 7.77. The van der Waals surface area contributed by atoms with Crippen molar-refractivity contribution < 1.29 is 42.9 Å². The zero-order valence-corrected chi connectivity index (χ0v) is 34.0. The van der Waals surface area contributed by atoms with E-state index in [1.165, 1.54) is 101 Å². The molecule has 0 amide bonds. The Hall–Kier alpha value is -2.45. The van der Waals surface area contributed by atoms with Crippen molar-refractivity contribution >= 4 is 19.2 Å². The van der Waals surface area contributed by atoms with E-state index in [9.17, 15) is 19.7 Å². The van der Waals surface area contributed by atoms with Crippen molar-refractivity contribution in [2.75, 3.05) is 25.6 Å². The molecule has 3 unspecified atom stereocenters. The van der Waals surface area contributed by atoms with Crippen molar-refractivity contribution in [3.63, 3.8) is 0 Å². The Morgan fingerprint density at radius 2 is 1.51 bits per heavy atom.